The summed E-state index contributed by atoms with van der Waals surface area (Å²) < 4.78 is 18.9. The Labute approximate surface area is 156 Å². The third kappa shape index (κ3) is 3.99. The third-order valence-corrected chi connectivity index (χ3v) is 4.55. The number of ether oxygens (including phenoxy) is 1. The van der Waals surface area contributed by atoms with Crippen LogP contribution in [0.1, 0.15) is 18.1 Å². The van der Waals surface area contributed by atoms with Crippen molar-refractivity contribution in [3.05, 3.63) is 71.5 Å². The Morgan fingerprint density at radius 3 is 2.52 bits per heavy atom. The Bertz CT molecular complexity index is 830. The molecule has 2 N–H and O–H groups in total. The highest BCUT2D eigenvalue weighted by atomic mass is 19.1. The number of hydrogen-bond acceptors (Lipinski definition) is 4. The number of hydrogen-bond donors (Lipinski definition) is 2. The van der Waals surface area contributed by atoms with E-state index >= 15 is 0 Å². The monoisotopic (exact) mass is 372 g/mol. The lowest BCUT2D eigenvalue weighted by atomic mass is 9.92. The van der Waals surface area contributed by atoms with Crippen molar-refractivity contribution in [1.82, 2.24) is 10.2 Å². The highest BCUT2D eigenvalue weighted by Crippen LogP contribution is 2.28. The van der Waals surface area contributed by atoms with Crippen LogP contribution in [0.4, 0.5) is 9.18 Å². The maximum Gasteiger partial charge on any atom is 0.325 e. The molecule has 2 aromatic rings. The molecule has 6 nitrogen and oxygen atoms in total. The predicted octanol–water partition coefficient (Wildman–Crippen LogP) is 2.17. The third-order valence-electron chi connectivity index (χ3n) is 4.55. The number of nitrogens with zero attached hydrogens (tertiary/aromatic N) is 1. The van der Waals surface area contributed by atoms with Gasteiger partial charge in [0.05, 0.1) is 25.9 Å². The SMILES string of the molecule is C[C@@]1(c2ccccc2)NC(=O)N(C[C@@H](O)COCc2ccccc2F)C1=O. The van der Waals surface area contributed by atoms with E-state index in [9.17, 15) is 19.1 Å². The molecule has 0 aromatic heterocycles. The minimum absolute atomic E-state index is 0.00833. The number of urea groups is 1. The zero-order valence-electron chi connectivity index (χ0n) is 14.9. The van der Waals surface area contributed by atoms with Crippen molar-refractivity contribution in [2.75, 3.05) is 13.2 Å². The van der Waals surface area contributed by atoms with Gasteiger partial charge in [-0.1, -0.05) is 48.5 Å². The fourth-order valence-electron chi connectivity index (χ4n) is 3.01. The van der Waals surface area contributed by atoms with E-state index in [0.717, 1.165) is 4.90 Å². The maximum absolute atomic E-state index is 13.5. The summed E-state index contributed by atoms with van der Waals surface area (Å²) in [6, 6.07) is 14.5. The standard InChI is InChI=1S/C20H21FN2O4/c1-20(15-8-3-2-4-9-15)18(25)23(19(26)22-20)11-16(24)13-27-12-14-7-5-6-10-17(14)21/h2-10,16,24H,11-13H2,1H3,(H,22,26)/t16-,20+/m1/s1. The van der Waals surface area contributed by atoms with Crippen molar-refractivity contribution in [3.8, 4) is 0 Å². The van der Waals surface area contributed by atoms with Crippen LogP contribution in [0.15, 0.2) is 54.6 Å². The predicted molar refractivity (Wildman–Crippen MR) is 96.1 cm³/mol. The van der Waals surface area contributed by atoms with Crippen molar-refractivity contribution >= 4 is 11.9 Å². The number of aliphatic hydroxyl groups excluding tert-OH is 1. The van der Waals surface area contributed by atoms with Gasteiger partial charge < -0.3 is 15.2 Å². The first-order chi connectivity index (χ1) is 12.9. The summed E-state index contributed by atoms with van der Waals surface area (Å²) in [5.41, 5.74) is -0.140. The minimum Gasteiger partial charge on any atom is -0.389 e. The van der Waals surface area contributed by atoms with Gasteiger partial charge in [-0.3, -0.25) is 9.69 Å². The van der Waals surface area contributed by atoms with E-state index in [2.05, 4.69) is 5.32 Å². The van der Waals surface area contributed by atoms with Gasteiger partial charge in [0, 0.05) is 5.56 Å². The Hall–Kier alpha value is -2.77. The average molecular weight is 372 g/mol. The Morgan fingerprint density at radius 1 is 1.15 bits per heavy atom. The number of carbonyl (C=O) groups excluding carboxylic acids is 2. The minimum atomic E-state index is -1.17. The van der Waals surface area contributed by atoms with E-state index in [1.54, 1.807) is 49.4 Å². The van der Waals surface area contributed by atoms with Crippen molar-refractivity contribution in [2.24, 2.45) is 0 Å². The second kappa shape index (κ2) is 7.85. The summed E-state index contributed by atoms with van der Waals surface area (Å²) in [6.45, 7) is 1.28. The molecular weight excluding hydrogens is 351 g/mol. The van der Waals surface area contributed by atoms with Crippen LogP contribution in [0.5, 0.6) is 0 Å². The summed E-state index contributed by atoms with van der Waals surface area (Å²) in [5.74, 6) is -0.827. The lowest BCUT2D eigenvalue weighted by molar-refractivity contribution is -0.132. The van der Waals surface area contributed by atoms with Gasteiger partial charge in [-0.2, -0.15) is 0 Å². The van der Waals surface area contributed by atoms with Gasteiger partial charge in [0.25, 0.3) is 5.91 Å². The fraction of sp³-hybridized carbons (Fsp3) is 0.300. The molecule has 1 fully saturated rings. The Morgan fingerprint density at radius 2 is 1.81 bits per heavy atom. The van der Waals surface area contributed by atoms with Crippen LogP contribution in [-0.4, -0.2) is 41.2 Å². The average Bonchev–Trinajstić information content (AvgIpc) is 2.88. The molecule has 1 aliphatic rings. The summed E-state index contributed by atoms with van der Waals surface area (Å²) >= 11 is 0. The van der Waals surface area contributed by atoms with E-state index in [1.165, 1.54) is 6.07 Å². The summed E-state index contributed by atoms with van der Waals surface area (Å²) in [4.78, 5) is 26.0. The highest BCUT2D eigenvalue weighted by Gasteiger charge is 2.49. The molecule has 0 radical (unpaired) electrons. The molecule has 1 aliphatic heterocycles. The van der Waals surface area contributed by atoms with E-state index < -0.39 is 23.6 Å². The van der Waals surface area contributed by atoms with Gasteiger partial charge in [0.1, 0.15) is 11.4 Å². The molecule has 0 bridgehead atoms. The van der Waals surface area contributed by atoms with E-state index in [4.69, 9.17) is 4.74 Å². The van der Waals surface area contributed by atoms with Gasteiger partial charge in [-0.15, -0.1) is 0 Å². The smallest absolute Gasteiger partial charge is 0.325 e. The molecule has 142 valence electrons. The van der Waals surface area contributed by atoms with Crippen molar-refractivity contribution in [2.45, 2.75) is 25.2 Å². The molecule has 27 heavy (non-hydrogen) atoms. The largest absolute Gasteiger partial charge is 0.389 e. The number of benzene rings is 2. The van der Waals surface area contributed by atoms with Gasteiger partial charge in [-0.25, -0.2) is 9.18 Å². The number of nitrogens with one attached hydrogen (secondary N) is 1. The van der Waals surface area contributed by atoms with Crippen LogP contribution in [-0.2, 0) is 21.7 Å². The Balaban J connectivity index is 1.58. The van der Waals surface area contributed by atoms with Gasteiger partial charge in [-0.05, 0) is 18.6 Å². The maximum atomic E-state index is 13.5. The zero-order valence-corrected chi connectivity index (χ0v) is 14.9. The van der Waals surface area contributed by atoms with E-state index in [0.29, 0.717) is 11.1 Å². The van der Waals surface area contributed by atoms with Gasteiger partial charge in [0.15, 0.2) is 0 Å². The lowest BCUT2D eigenvalue weighted by Crippen LogP contribution is -2.42. The fourth-order valence-corrected chi connectivity index (χ4v) is 3.01. The lowest BCUT2D eigenvalue weighted by Gasteiger charge is -2.23. The Kier molecular flexibility index (Phi) is 5.53. The molecule has 0 unspecified atom stereocenters. The molecule has 7 heteroatoms. The van der Waals surface area contributed by atoms with Crippen LogP contribution >= 0.6 is 0 Å². The number of carbonyl (C=O) groups is 2. The number of imide groups is 1. The van der Waals surface area contributed by atoms with Crippen LogP contribution in [0.3, 0.4) is 0 Å². The van der Waals surface area contributed by atoms with Crippen molar-refractivity contribution in [3.63, 3.8) is 0 Å². The molecule has 0 aliphatic carbocycles. The first kappa shape index (κ1) is 19.0. The molecule has 3 amide bonds. The number of aliphatic hydroxyl groups is 1. The highest BCUT2D eigenvalue weighted by molar-refractivity contribution is 6.07. The number of β-amino-alcohol motifs (C(OH)–C–C–N with tert-alkyl or cyclic N) is 1. The molecule has 1 saturated heterocycles. The summed E-state index contributed by atoms with van der Waals surface area (Å²) in [7, 11) is 0. The van der Waals surface area contributed by atoms with Crippen molar-refractivity contribution in [1.29, 1.82) is 0 Å². The molecule has 3 rings (SSSR count). The van der Waals surface area contributed by atoms with Crippen LogP contribution in [0.2, 0.25) is 0 Å². The second-order valence-electron chi connectivity index (χ2n) is 6.60. The molecule has 2 aromatic carbocycles. The van der Waals surface area contributed by atoms with Crippen LogP contribution in [0.25, 0.3) is 0 Å². The molecule has 1 heterocycles. The first-order valence-corrected chi connectivity index (χ1v) is 8.60. The normalized spacial score (nSPS) is 20.6. The summed E-state index contributed by atoms with van der Waals surface area (Å²) in [6.07, 6.45) is -1.08. The summed E-state index contributed by atoms with van der Waals surface area (Å²) in [5, 5.41) is 12.8. The van der Waals surface area contributed by atoms with Gasteiger partial charge >= 0.3 is 6.03 Å². The van der Waals surface area contributed by atoms with Crippen LogP contribution in [0, 0.1) is 5.82 Å². The molecular formula is C20H21FN2O4. The first-order valence-electron chi connectivity index (χ1n) is 8.60. The topological polar surface area (TPSA) is 78.9 Å². The zero-order chi connectivity index (χ0) is 19.4. The molecule has 0 saturated carbocycles. The number of rotatable bonds is 7. The van der Waals surface area contributed by atoms with E-state index in [1.807, 2.05) is 6.07 Å². The molecule has 0 spiro atoms. The quantitative estimate of drug-likeness (QED) is 0.730. The second-order valence-corrected chi connectivity index (χ2v) is 6.60. The van der Waals surface area contributed by atoms with Crippen LogP contribution < -0.4 is 5.32 Å². The van der Waals surface area contributed by atoms with E-state index in [-0.39, 0.29) is 25.6 Å². The van der Waals surface area contributed by atoms with Crippen molar-refractivity contribution < 1.29 is 23.8 Å². The molecule has 2 atom stereocenters. The van der Waals surface area contributed by atoms with Gasteiger partial charge in [0.2, 0.25) is 0 Å². The number of amides is 3. The number of halogens is 1.